The van der Waals surface area contributed by atoms with Gasteiger partial charge in [0, 0.05) is 39.6 Å². The highest BCUT2D eigenvalue weighted by molar-refractivity contribution is 5.64. The summed E-state index contributed by atoms with van der Waals surface area (Å²) in [6, 6.07) is 29.9. The molecular formula is C28H28N4. The Morgan fingerprint density at radius 1 is 0.688 bits per heavy atom. The van der Waals surface area contributed by atoms with Crippen molar-refractivity contribution in [3.63, 3.8) is 0 Å². The molecule has 0 heterocycles. The van der Waals surface area contributed by atoms with Gasteiger partial charge in [-0.2, -0.15) is 10.5 Å². The van der Waals surface area contributed by atoms with Crippen molar-refractivity contribution in [2.45, 2.75) is 18.3 Å². The molecule has 0 N–H and O–H groups in total. The van der Waals surface area contributed by atoms with E-state index in [-0.39, 0.29) is 0 Å². The van der Waals surface area contributed by atoms with Crippen LogP contribution in [0, 0.1) is 28.1 Å². The molecule has 4 rings (SSSR count). The Morgan fingerprint density at radius 3 is 1.59 bits per heavy atom. The summed E-state index contributed by atoms with van der Waals surface area (Å²) < 4.78 is 0. The minimum Gasteiger partial charge on any atom is -0.378 e. The second-order valence-corrected chi connectivity index (χ2v) is 8.92. The van der Waals surface area contributed by atoms with Gasteiger partial charge in [0.15, 0.2) is 5.41 Å². The number of benzene rings is 3. The molecule has 0 spiro atoms. The van der Waals surface area contributed by atoms with Crippen molar-refractivity contribution >= 4 is 11.4 Å². The van der Waals surface area contributed by atoms with E-state index in [2.05, 4.69) is 82.6 Å². The van der Waals surface area contributed by atoms with Crippen molar-refractivity contribution < 1.29 is 0 Å². The molecule has 4 nitrogen and oxygen atoms in total. The first-order valence-electron chi connectivity index (χ1n) is 10.9. The zero-order valence-corrected chi connectivity index (χ0v) is 19.1. The molecule has 0 aliphatic heterocycles. The first-order valence-corrected chi connectivity index (χ1v) is 10.9. The quantitative estimate of drug-likeness (QED) is 0.587. The molecule has 0 saturated heterocycles. The third-order valence-corrected chi connectivity index (χ3v) is 6.85. The number of hydrogen-bond acceptors (Lipinski definition) is 4. The fourth-order valence-corrected chi connectivity index (χ4v) is 5.14. The number of hydrogen-bond donors (Lipinski definition) is 0. The van der Waals surface area contributed by atoms with Gasteiger partial charge in [-0.25, -0.2) is 0 Å². The standard InChI is InChI=1S/C28H28N4/c1-31(2)24-13-9-22(10-14-24)28(23-11-15-25(16-12-23)32(3)4)26-8-6-5-7-21(26)17-18-27(28,19-29)20-30/h5-16H,17-18H2,1-4H3. The van der Waals surface area contributed by atoms with E-state index < -0.39 is 10.8 Å². The van der Waals surface area contributed by atoms with E-state index in [4.69, 9.17) is 0 Å². The summed E-state index contributed by atoms with van der Waals surface area (Å²) in [5.74, 6) is 0. The molecule has 1 aliphatic rings. The van der Waals surface area contributed by atoms with Gasteiger partial charge in [-0.3, -0.25) is 0 Å². The maximum absolute atomic E-state index is 10.5. The van der Waals surface area contributed by atoms with Gasteiger partial charge in [-0.05, 0) is 59.4 Å². The van der Waals surface area contributed by atoms with Gasteiger partial charge in [-0.15, -0.1) is 0 Å². The number of aryl methyl sites for hydroxylation is 1. The summed E-state index contributed by atoms with van der Waals surface area (Å²) in [6.07, 6.45) is 1.20. The molecular weight excluding hydrogens is 392 g/mol. The molecule has 0 saturated carbocycles. The molecule has 1 aliphatic carbocycles. The SMILES string of the molecule is CN(C)c1ccc(C2(c3ccc(N(C)C)cc3)c3ccccc3CCC2(C#N)C#N)cc1. The maximum Gasteiger partial charge on any atom is 0.161 e. The second kappa shape index (κ2) is 8.06. The Morgan fingerprint density at radius 2 is 1.16 bits per heavy atom. The van der Waals surface area contributed by atoms with E-state index in [9.17, 15) is 10.5 Å². The van der Waals surface area contributed by atoms with Crippen molar-refractivity contribution in [3.8, 4) is 12.1 Å². The van der Waals surface area contributed by atoms with E-state index >= 15 is 0 Å². The van der Waals surface area contributed by atoms with E-state index in [0.717, 1.165) is 28.1 Å². The summed E-state index contributed by atoms with van der Waals surface area (Å²) in [6.45, 7) is 0. The van der Waals surface area contributed by atoms with Gasteiger partial charge in [0.1, 0.15) is 0 Å². The lowest BCUT2D eigenvalue weighted by molar-refractivity contribution is 0.309. The minimum absolute atomic E-state index is 0.488. The first-order chi connectivity index (χ1) is 15.4. The summed E-state index contributed by atoms with van der Waals surface area (Å²) in [5, 5.41) is 21.0. The van der Waals surface area contributed by atoms with Gasteiger partial charge < -0.3 is 9.80 Å². The molecule has 4 heteroatoms. The fourth-order valence-electron chi connectivity index (χ4n) is 5.14. The molecule has 32 heavy (non-hydrogen) atoms. The monoisotopic (exact) mass is 420 g/mol. The summed E-state index contributed by atoms with van der Waals surface area (Å²) >= 11 is 0. The van der Waals surface area contributed by atoms with Crippen molar-refractivity contribution in [1.29, 1.82) is 10.5 Å². The zero-order valence-electron chi connectivity index (χ0n) is 19.1. The third kappa shape index (κ3) is 3.03. The summed E-state index contributed by atoms with van der Waals surface area (Å²) in [7, 11) is 8.04. The molecule has 0 amide bonds. The van der Waals surface area contributed by atoms with Gasteiger partial charge in [0.2, 0.25) is 0 Å². The largest absolute Gasteiger partial charge is 0.378 e. The normalized spacial score (nSPS) is 15.7. The van der Waals surface area contributed by atoms with E-state index in [1.807, 2.05) is 40.3 Å². The molecule has 0 unspecified atom stereocenters. The molecule has 0 atom stereocenters. The van der Waals surface area contributed by atoms with Crippen LogP contribution in [0.3, 0.4) is 0 Å². The van der Waals surface area contributed by atoms with E-state index in [0.29, 0.717) is 12.8 Å². The van der Waals surface area contributed by atoms with Crippen LogP contribution in [0.15, 0.2) is 72.8 Å². The Balaban J connectivity index is 2.11. The van der Waals surface area contributed by atoms with Gasteiger partial charge in [0.25, 0.3) is 0 Å². The topological polar surface area (TPSA) is 54.1 Å². The van der Waals surface area contributed by atoms with Crippen molar-refractivity contribution in [1.82, 2.24) is 0 Å². The summed E-state index contributed by atoms with van der Waals surface area (Å²) in [5.41, 5.74) is 4.23. The molecule has 160 valence electrons. The van der Waals surface area contributed by atoms with Gasteiger partial charge >= 0.3 is 0 Å². The Labute approximate surface area is 190 Å². The Bertz CT molecular complexity index is 1130. The molecule has 0 aromatic heterocycles. The minimum atomic E-state index is -1.22. The lowest BCUT2D eigenvalue weighted by Gasteiger charge is -2.48. The number of anilines is 2. The van der Waals surface area contributed by atoms with Crippen molar-refractivity contribution in [3.05, 3.63) is 95.1 Å². The average molecular weight is 421 g/mol. The van der Waals surface area contributed by atoms with E-state index in [1.54, 1.807) is 0 Å². The first kappa shape index (κ1) is 21.5. The average Bonchev–Trinajstić information content (AvgIpc) is 2.83. The van der Waals surface area contributed by atoms with Crippen LogP contribution >= 0.6 is 0 Å². The van der Waals surface area contributed by atoms with Crippen molar-refractivity contribution in [2.24, 2.45) is 5.41 Å². The number of nitriles is 2. The smallest absolute Gasteiger partial charge is 0.161 e. The fraction of sp³-hybridized carbons (Fsp3) is 0.286. The predicted molar refractivity (Wildman–Crippen MR) is 130 cm³/mol. The highest BCUT2D eigenvalue weighted by Gasteiger charge is 2.58. The molecule has 3 aromatic carbocycles. The lowest BCUT2D eigenvalue weighted by Crippen LogP contribution is -2.49. The van der Waals surface area contributed by atoms with Gasteiger partial charge in [-0.1, -0.05) is 48.5 Å². The van der Waals surface area contributed by atoms with E-state index in [1.165, 1.54) is 5.56 Å². The van der Waals surface area contributed by atoms with Crippen molar-refractivity contribution in [2.75, 3.05) is 38.0 Å². The van der Waals surface area contributed by atoms with Crippen LogP contribution < -0.4 is 9.80 Å². The molecule has 0 fully saturated rings. The van der Waals surface area contributed by atoms with Gasteiger partial charge in [0.05, 0.1) is 17.6 Å². The number of rotatable bonds is 4. The third-order valence-electron chi connectivity index (χ3n) is 6.85. The zero-order chi connectivity index (χ0) is 22.9. The molecule has 3 aromatic rings. The highest BCUT2D eigenvalue weighted by Crippen LogP contribution is 2.57. The second-order valence-electron chi connectivity index (χ2n) is 8.92. The lowest BCUT2D eigenvalue weighted by atomic mass is 9.50. The number of nitrogens with zero attached hydrogens (tertiary/aromatic N) is 4. The highest BCUT2D eigenvalue weighted by atomic mass is 15.1. The van der Waals surface area contributed by atoms with Crippen LogP contribution in [0.4, 0.5) is 11.4 Å². The summed E-state index contributed by atoms with van der Waals surface area (Å²) in [4.78, 5) is 4.11. The van der Waals surface area contributed by atoms with Crippen LogP contribution in [0.5, 0.6) is 0 Å². The molecule has 0 bridgehead atoms. The number of fused-ring (bicyclic) bond motifs is 1. The maximum atomic E-state index is 10.5. The Hall–Kier alpha value is -3.76. The van der Waals surface area contributed by atoms with Crippen LogP contribution in [0.25, 0.3) is 0 Å². The van der Waals surface area contributed by atoms with Crippen LogP contribution in [-0.4, -0.2) is 28.2 Å². The van der Waals surface area contributed by atoms with Crippen LogP contribution in [0.1, 0.15) is 28.7 Å². The Kier molecular flexibility index (Phi) is 5.41. The molecule has 0 radical (unpaired) electrons. The van der Waals surface area contributed by atoms with Crippen LogP contribution in [0.2, 0.25) is 0 Å². The van der Waals surface area contributed by atoms with Crippen LogP contribution in [-0.2, 0) is 11.8 Å². The predicted octanol–water partition coefficient (Wildman–Crippen LogP) is 5.13.